The summed E-state index contributed by atoms with van der Waals surface area (Å²) in [7, 11) is -1.91. The van der Waals surface area contributed by atoms with Crippen LogP contribution in [0, 0.1) is 0 Å². The van der Waals surface area contributed by atoms with Crippen LogP contribution < -0.4 is 0 Å². The number of hydrogen-bond acceptors (Lipinski definition) is 2. The summed E-state index contributed by atoms with van der Waals surface area (Å²) in [5.41, 5.74) is 0. The van der Waals surface area contributed by atoms with Crippen LogP contribution in [0.25, 0.3) is 0 Å². The first kappa shape index (κ1) is 28.7. The Hall–Kier alpha value is -0.313. The molecule has 0 fully saturated rings. The van der Waals surface area contributed by atoms with E-state index in [-0.39, 0.29) is 5.97 Å². The molecule has 0 heterocycles. The van der Waals surface area contributed by atoms with Gasteiger partial charge in [-0.05, 0) is 18.1 Å². The van der Waals surface area contributed by atoms with Crippen molar-refractivity contribution >= 4 is 14.3 Å². The number of carbonyl (C=O) groups excluding carboxylic acids is 1. The number of hydrogen-bond donors (Lipinski definition) is 0. The molecule has 0 saturated heterocycles. The molecule has 0 spiro atoms. The predicted octanol–water partition coefficient (Wildman–Crippen LogP) is 9.58. The van der Waals surface area contributed by atoms with Gasteiger partial charge in [-0.25, -0.2) is 0 Å². The molecular formula is C26H54O2Si. The molecule has 0 aromatic rings. The maximum Gasteiger partial charge on any atom is 0.289 e. The molecule has 0 amide bonds. The fourth-order valence-corrected chi connectivity index (χ4v) is 8.86. The molecule has 0 aliphatic carbocycles. The number of carbonyl (C=O) groups is 1. The van der Waals surface area contributed by atoms with Gasteiger partial charge >= 0.3 is 0 Å². The Kier molecular flexibility index (Phi) is 20.7. The second kappa shape index (κ2) is 20.9. The van der Waals surface area contributed by atoms with Crippen molar-refractivity contribution in [2.24, 2.45) is 0 Å². The van der Waals surface area contributed by atoms with Gasteiger partial charge in [0.1, 0.15) is 0 Å². The lowest BCUT2D eigenvalue weighted by molar-refractivity contribution is -0.132. The molecule has 29 heavy (non-hydrogen) atoms. The highest BCUT2D eigenvalue weighted by atomic mass is 28.4. The van der Waals surface area contributed by atoms with E-state index in [4.69, 9.17) is 4.43 Å². The van der Waals surface area contributed by atoms with Gasteiger partial charge in [0.05, 0.1) is 0 Å². The Morgan fingerprint density at radius 2 is 0.793 bits per heavy atom. The quantitative estimate of drug-likeness (QED) is 0.127. The minimum absolute atomic E-state index is 0.0142. The number of rotatable bonds is 22. The zero-order valence-corrected chi connectivity index (χ0v) is 21.7. The maximum atomic E-state index is 12.0. The first-order valence-corrected chi connectivity index (χ1v) is 15.8. The van der Waals surface area contributed by atoms with E-state index < -0.39 is 8.32 Å². The topological polar surface area (TPSA) is 26.3 Å². The standard InChI is InChI=1S/C26H54O2Si/c1-5-8-11-14-17-20-23-29(28-26(4)27,24-21-18-15-12-9-6-2)25-22-19-16-13-10-7-3/h5-25H2,1-4H3. The largest absolute Gasteiger partial charge is 0.519 e. The fraction of sp³-hybridized carbons (Fsp3) is 0.962. The van der Waals surface area contributed by atoms with Crippen molar-refractivity contribution in [3.8, 4) is 0 Å². The highest BCUT2D eigenvalue weighted by Gasteiger charge is 2.36. The summed E-state index contributed by atoms with van der Waals surface area (Å²) in [4.78, 5) is 12.0. The molecule has 3 heteroatoms. The summed E-state index contributed by atoms with van der Waals surface area (Å²) in [5.74, 6) is -0.0142. The first-order chi connectivity index (χ1) is 14.1. The molecule has 0 atom stereocenters. The summed E-state index contributed by atoms with van der Waals surface area (Å²) < 4.78 is 6.22. The molecule has 2 nitrogen and oxygen atoms in total. The van der Waals surface area contributed by atoms with Gasteiger partial charge in [0.15, 0.2) is 0 Å². The third kappa shape index (κ3) is 18.2. The average molecular weight is 427 g/mol. The van der Waals surface area contributed by atoms with Gasteiger partial charge in [0, 0.05) is 6.92 Å². The van der Waals surface area contributed by atoms with E-state index in [1.54, 1.807) is 6.92 Å². The molecule has 0 bridgehead atoms. The van der Waals surface area contributed by atoms with E-state index in [0.29, 0.717) is 0 Å². The third-order valence-electron chi connectivity index (χ3n) is 6.32. The van der Waals surface area contributed by atoms with Crippen molar-refractivity contribution in [2.75, 3.05) is 0 Å². The van der Waals surface area contributed by atoms with E-state index >= 15 is 0 Å². The third-order valence-corrected chi connectivity index (χ3v) is 10.8. The van der Waals surface area contributed by atoms with Gasteiger partial charge in [-0.1, -0.05) is 136 Å². The summed E-state index contributed by atoms with van der Waals surface area (Å²) >= 11 is 0. The van der Waals surface area contributed by atoms with Gasteiger partial charge in [-0.3, -0.25) is 4.79 Å². The van der Waals surface area contributed by atoms with E-state index in [1.807, 2.05) is 0 Å². The molecule has 0 aliphatic rings. The molecule has 174 valence electrons. The lowest BCUT2D eigenvalue weighted by atomic mass is 10.1. The number of unbranched alkanes of at least 4 members (excludes halogenated alkanes) is 15. The summed E-state index contributed by atoms with van der Waals surface area (Å²) in [6, 6.07) is 3.63. The van der Waals surface area contributed by atoms with Crippen LogP contribution in [-0.4, -0.2) is 14.3 Å². The van der Waals surface area contributed by atoms with Crippen molar-refractivity contribution in [3.63, 3.8) is 0 Å². The van der Waals surface area contributed by atoms with Crippen molar-refractivity contribution in [1.82, 2.24) is 0 Å². The minimum Gasteiger partial charge on any atom is -0.519 e. The molecule has 0 aromatic carbocycles. The fourth-order valence-electron chi connectivity index (χ4n) is 4.52. The molecule has 0 aromatic heterocycles. The minimum atomic E-state index is -1.91. The molecule has 0 aliphatic heterocycles. The van der Waals surface area contributed by atoms with Gasteiger partial charge in [0.2, 0.25) is 0 Å². The Labute approximate surface area is 185 Å². The highest BCUT2D eigenvalue weighted by molar-refractivity contribution is 6.75. The van der Waals surface area contributed by atoms with Crippen molar-refractivity contribution in [3.05, 3.63) is 0 Å². The van der Waals surface area contributed by atoms with Crippen LogP contribution in [0.4, 0.5) is 0 Å². The first-order valence-electron chi connectivity index (χ1n) is 13.3. The second-order valence-corrected chi connectivity index (χ2v) is 13.4. The Balaban J connectivity index is 4.59. The summed E-state index contributed by atoms with van der Waals surface area (Å²) in [5, 5.41) is 0. The van der Waals surface area contributed by atoms with E-state index in [1.165, 1.54) is 134 Å². The maximum absolute atomic E-state index is 12.0. The van der Waals surface area contributed by atoms with Crippen molar-refractivity contribution < 1.29 is 9.22 Å². The molecule has 0 saturated carbocycles. The molecule has 0 rings (SSSR count). The summed E-state index contributed by atoms with van der Waals surface area (Å²) in [6.07, 6.45) is 24.0. The van der Waals surface area contributed by atoms with Crippen LogP contribution in [0.5, 0.6) is 0 Å². The molecule has 0 radical (unpaired) electrons. The van der Waals surface area contributed by atoms with Gasteiger partial charge in [0.25, 0.3) is 14.3 Å². The van der Waals surface area contributed by atoms with E-state index in [0.717, 1.165) is 0 Å². The zero-order valence-electron chi connectivity index (χ0n) is 20.7. The van der Waals surface area contributed by atoms with Crippen LogP contribution in [-0.2, 0) is 9.22 Å². The van der Waals surface area contributed by atoms with Crippen LogP contribution in [0.2, 0.25) is 18.1 Å². The van der Waals surface area contributed by atoms with Crippen LogP contribution in [0.1, 0.15) is 143 Å². The molecular weight excluding hydrogens is 372 g/mol. The van der Waals surface area contributed by atoms with Gasteiger partial charge in [-0.15, -0.1) is 0 Å². The predicted molar refractivity (Wildman–Crippen MR) is 132 cm³/mol. The van der Waals surface area contributed by atoms with Crippen LogP contribution in [0.3, 0.4) is 0 Å². The lowest BCUT2D eigenvalue weighted by Gasteiger charge is -2.31. The highest BCUT2D eigenvalue weighted by Crippen LogP contribution is 2.31. The lowest BCUT2D eigenvalue weighted by Crippen LogP contribution is -2.39. The Morgan fingerprint density at radius 3 is 1.07 bits per heavy atom. The van der Waals surface area contributed by atoms with E-state index in [2.05, 4.69) is 20.8 Å². The van der Waals surface area contributed by atoms with Crippen molar-refractivity contribution in [2.45, 2.75) is 161 Å². The zero-order chi connectivity index (χ0) is 21.6. The van der Waals surface area contributed by atoms with E-state index in [9.17, 15) is 4.79 Å². The summed E-state index contributed by atoms with van der Waals surface area (Å²) in [6.45, 7) is 8.48. The Bertz CT molecular complexity index is 316. The Morgan fingerprint density at radius 1 is 0.517 bits per heavy atom. The van der Waals surface area contributed by atoms with Crippen molar-refractivity contribution in [1.29, 1.82) is 0 Å². The monoisotopic (exact) mass is 426 g/mol. The molecule has 0 unspecified atom stereocenters. The molecule has 0 N–H and O–H groups in total. The second-order valence-electron chi connectivity index (χ2n) is 9.33. The smallest absolute Gasteiger partial charge is 0.289 e. The normalized spacial score (nSPS) is 11.7. The average Bonchev–Trinajstić information content (AvgIpc) is 2.69. The van der Waals surface area contributed by atoms with Gasteiger partial charge < -0.3 is 4.43 Å². The van der Waals surface area contributed by atoms with Crippen LogP contribution in [0.15, 0.2) is 0 Å². The SMILES string of the molecule is CCCCCCCC[Si](CCCCCCCC)(CCCCCCCC)OC(C)=O. The van der Waals surface area contributed by atoms with Crippen LogP contribution >= 0.6 is 0 Å². The van der Waals surface area contributed by atoms with Gasteiger partial charge in [-0.2, -0.15) is 0 Å².